The SMILES string of the molecule is COc1ccc(C23CCC(CN(C(=O)C4CCC(NC(C)=O)CC4)c4cc(-c5cnc(C6CC6)s5)ccn4)(CC2)CC3)cc1C. The lowest BCUT2D eigenvalue weighted by Gasteiger charge is -2.55. The van der Waals surface area contributed by atoms with Gasteiger partial charge in [0.05, 0.1) is 17.0 Å². The van der Waals surface area contributed by atoms with E-state index in [9.17, 15) is 9.59 Å². The molecule has 1 aromatic carbocycles. The number of benzene rings is 1. The lowest BCUT2D eigenvalue weighted by molar-refractivity contribution is -0.124. The molecule has 0 aliphatic heterocycles. The summed E-state index contributed by atoms with van der Waals surface area (Å²) in [6.45, 7) is 4.44. The minimum Gasteiger partial charge on any atom is -0.496 e. The Balaban J connectivity index is 1.13. The summed E-state index contributed by atoms with van der Waals surface area (Å²) >= 11 is 1.78. The summed E-state index contributed by atoms with van der Waals surface area (Å²) in [6.07, 6.45) is 16.4. The average Bonchev–Trinajstić information content (AvgIpc) is 3.80. The fourth-order valence-electron chi connectivity index (χ4n) is 8.40. The third-order valence-electron chi connectivity index (χ3n) is 11.4. The molecule has 3 aromatic rings. The molecule has 5 saturated carbocycles. The van der Waals surface area contributed by atoms with Crippen LogP contribution in [-0.2, 0) is 15.0 Å². The van der Waals surface area contributed by atoms with Gasteiger partial charge in [-0.25, -0.2) is 9.97 Å². The maximum Gasteiger partial charge on any atom is 0.231 e. The molecule has 1 N–H and O–H groups in total. The molecular weight excluding hydrogens is 580 g/mol. The van der Waals surface area contributed by atoms with Gasteiger partial charge >= 0.3 is 0 Å². The largest absolute Gasteiger partial charge is 0.496 e. The van der Waals surface area contributed by atoms with Crippen LogP contribution in [0.1, 0.15) is 106 Å². The predicted molar refractivity (Wildman–Crippen MR) is 179 cm³/mol. The van der Waals surface area contributed by atoms with Gasteiger partial charge in [0.2, 0.25) is 11.8 Å². The second kappa shape index (κ2) is 12.2. The number of pyridine rings is 1. The van der Waals surface area contributed by atoms with E-state index < -0.39 is 0 Å². The van der Waals surface area contributed by atoms with Gasteiger partial charge in [0.1, 0.15) is 11.6 Å². The van der Waals surface area contributed by atoms with Crippen LogP contribution in [0, 0.1) is 18.3 Å². The number of ether oxygens (including phenoxy) is 1. The normalized spacial score (nSPS) is 27.6. The second-order valence-corrected chi connectivity index (χ2v) is 15.4. The first-order valence-electron chi connectivity index (χ1n) is 16.9. The second-order valence-electron chi connectivity index (χ2n) is 14.4. The zero-order valence-corrected chi connectivity index (χ0v) is 27.8. The van der Waals surface area contributed by atoms with Crippen molar-refractivity contribution >= 4 is 29.0 Å². The highest BCUT2D eigenvalue weighted by atomic mass is 32.1. The van der Waals surface area contributed by atoms with Gasteiger partial charge in [0, 0.05) is 43.7 Å². The van der Waals surface area contributed by atoms with Crippen LogP contribution in [0.2, 0.25) is 0 Å². The standard InChI is InChI=1S/C37H46N4O3S/c1-24-20-29(8-11-31(24)44-3)37-16-13-36(14-17-37,15-18-37)23-41(35(43)27-6-9-30(10-7-27)40-25(2)42)33-21-28(12-19-38-33)32-22-39-34(45-32)26-4-5-26/h8,11-12,19-22,26-27,30H,4-7,9-10,13-18,23H2,1-3H3,(H,40,42). The summed E-state index contributed by atoms with van der Waals surface area (Å²) in [5.41, 5.74) is 4.07. The van der Waals surface area contributed by atoms with Crippen molar-refractivity contribution in [2.45, 2.75) is 108 Å². The van der Waals surface area contributed by atoms with Crippen LogP contribution in [0.3, 0.4) is 0 Å². The van der Waals surface area contributed by atoms with E-state index in [0.717, 1.165) is 92.8 Å². The number of rotatable bonds is 9. The van der Waals surface area contributed by atoms with Crippen LogP contribution in [0.4, 0.5) is 5.82 Å². The van der Waals surface area contributed by atoms with E-state index in [4.69, 9.17) is 14.7 Å². The maximum absolute atomic E-state index is 14.5. The van der Waals surface area contributed by atoms with Gasteiger partial charge < -0.3 is 10.1 Å². The number of nitrogens with one attached hydrogen (secondary N) is 1. The Morgan fingerprint density at radius 2 is 1.71 bits per heavy atom. The van der Waals surface area contributed by atoms with E-state index in [1.807, 2.05) is 12.4 Å². The van der Waals surface area contributed by atoms with E-state index in [2.05, 4.69) is 47.5 Å². The minimum absolute atomic E-state index is 0.00917. The number of aryl methyl sites for hydroxylation is 1. The molecule has 0 saturated heterocycles. The van der Waals surface area contributed by atoms with E-state index in [1.165, 1.54) is 29.0 Å². The molecule has 7 nitrogen and oxygen atoms in total. The van der Waals surface area contributed by atoms with Gasteiger partial charge in [0.15, 0.2) is 0 Å². The molecule has 5 fully saturated rings. The first-order valence-corrected chi connectivity index (χ1v) is 17.7. The first kappa shape index (κ1) is 30.4. The quantitative estimate of drug-likeness (QED) is 0.263. The molecule has 45 heavy (non-hydrogen) atoms. The number of amides is 2. The number of fused-ring (bicyclic) bond motifs is 3. The third-order valence-corrected chi connectivity index (χ3v) is 12.6. The van der Waals surface area contributed by atoms with Crippen molar-refractivity contribution < 1.29 is 14.3 Å². The van der Waals surface area contributed by atoms with E-state index in [0.29, 0.717) is 5.92 Å². The Morgan fingerprint density at radius 3 is 2.36 bits per heavy atom. The minimum atomic E-state index is -0.0460. The van der Waals surface area contributed by atoms with E-state index in [-0.39, 0.29) is 34.6 Å². The number of carbonyl (C=O) groups is 2. The molecule has 5 aliphatic rings. The van der Waals surface area contributed by atoms with Crippen LogP contribution in [-0.4, -0.2) is 41.5 Å². The number of aromatic nitrogens is 2. The van der Waals surface area contributed by atoms with E-state index in [1.54, 1.807) is 25.4 Å². The molecule has 0 radical (unpaired) electrons. The highest BCUT2D eigenvalue weighted by Crippen LogP contribution is 2.58. The van der Waals surface area contributed by atoms with Gasteiger partial charge in [-0.05, 0) is 130 Å². The Bertz CT molecular complexity index is 1550. The van der Waals surface area contributed by atoms with Crippen molar-refractivity contribution in [1.29, 1.82) is 0 Å². The molecule has 0 atom stereocenters. The Morgan fingerprint density at radius 1 is 0.978 bits per heavy atom. The summed E-state index contributed by atoms with van der Waals surface area (Å²) in [5.74, 6) is 2.51. The highest BCUT2D eigenvalue weighted by molar-refractivity contribution is 7.15. The van der Waals surface area contributed by atoms with Gasteiger partial charge in [-0.15, -0.1) is 11.3 Å². The number of methoxy groups -OCH3 is 1. The van der Waals surface area contributed by atoms with Crippen molar-refractivity contribution in [1.82, 2.24) is 15.3 Å². The molecule has 0 spiro atoms. The van der Waals surface area contributed by atoms with Crippen molar-refractivity contribution in [2.75, 3.05) is 18.6 Å². The summed E-state index contributed by atoms with van der Waals surface area (Å²) in [4.78, 5) is 38.9. The molecule has 2 amide bonds. The predicted octanol–water partition coefficient (Wildman–Crippen LogP) is 7.72. The molecule has 2 bridgehead atoms. The number of hydrogen-bond donors (Lipinski definition) is 1. The molecular formula is C37H46N4O3S. The van der Waals surface area contributed by atoms with Crippen LogP contribution < -0.4 is 15.0 Å². The fraction of sp³-hybridized carbons (Fsp3) is 0.568. The zero-order valence-electron chi connectivity index (χ0n) is 26.9. The van der Waals surface area contributed by atoms with Crippen molar-refractivity contribution in [3.8, 4) is 16.2 Å². The van der Waals surface area contributed by atoms with Gasteiger partial charge in [-0.1, -0.05) is 12.1 Å². The van der Waals surface area contributed by atoms with Crippen LogP contribution in [0.25, 0.3) is 10.4 Å². The summed E-state index contributed by atoms with van der Waals surface area (Å²) in [7, 11) is 1.74. The molecule has 5 aliphatic carbocycles. The Hall–Kier alpha value is -3.26. The van der Waals surface area contributed by atoms with Crippen molar-refractivity contribution in [2.24, 2.45) is 11.3 Å². The average molecular weight is 627 g/mol. The monoisotopic (exact) mass is 626 g/mol. The first-order chi connectivity index (χ1) is 21.8. The van der Waals surface area contributed by atoms with Gasteiger partial charge in [-0.2, -0.15) is 0 Å². The smallest absolute Gasteiger partial charge is 0.231 e. The molecule has 8 heteroatoms. The van der Waals surface area contributed by atoms with Crippen LogP contribution in [0.5, 0.6) is 5.75 Å². The highest BCUT2D eigenvalue weighted by Gasteiger charge is 2.51. The van der Waals surface area contributed by atoms with Crippen molar-refractivity contribution in [3.05, 3.63) is 58.9 Å². The number of nitrogens with zero attached hydrogens (tertiary/aromatic N) is 3. The molecule has 238 valence electrons. The summed E-state index contributed by atoms with van der Waals surface area (Å²) in [6, 6.07) is 11.1. The van der Waals surface area contributed by atoms with E-state index >= 15 is 0 Å². The topological polar surface area (TPSA) is 84.4 Å². The molecule has 0 unspecified atom stereocenters. The zero-order chi connectivity index (χ0) is 31.2. The molecule has 2 heterocycles. The maximum atomic E-state index is 14.5. The number of carbonyl (C=O) groups excluding carboxylic acids is 2. The lowest BCUT2D eigenvalue weighted by atomic mass is 9.51. The van der Waals surface area contributed by atoms with Crippen LogP contribution >= 0.6 is 11.3 Å². The summed E-state index contributed by atoms with van der Waals surface area (Å²) < 4.78 is 5.55. The summed E-state index contributed by atoms with van der Waals surface area (Å²) in [5, 5.41) is 4.29. The lowest BCUT2D eigenvalue weighted by Crippen LogP contribution is -2.52. The van der Waals surface area contributed by atoms with Crippen LogP contribution in [0.15, 0.2) is 42.7 Å². The number of hydrogen-bond acceptors (Lipinski definition) is 6. The Kier molecular flexibility index (Phi) is 8.21. The Labute approximate surface area is 271 Å². The van der Waals surface area contributed by atoms with Gasteiger partial charge in [-0.3, -0.25) is 14.5 Å². The van der Waals surface area contributed by atoms with Gasteiger partial charge in [0.25, 0.3) is 0 Å². The third kappa shape index (κ3) is 6.15. The van der Waals surface area contributed by atoms with Crippen molar-refractivity contribution in [3.63, 3.8) is 0 Å². The number of anilines is 1. The molecule has 8 rings (SSSR count). The molecule has 2 aromatic heterocycles. The number of thiazole rings is 1. The fourth-order valence-corrected chi connectivity index (χ4v) is 9.48.